The number of rotatable bonds is 6. The van der Waals surface area contributed by atoms with Crippen LogP contribution in [0.5, 0.6) is 11.5 Å². The van der Waals surface area contributed by atoms with Gasteiger partial charge in [0.2, 0.25) is 0 Å². The van der Waals surface area contributed by atoms with E-state index in [0.29, 0.717) is 48.3 Å². The molecule has 14 nitrogen and oxygen atoms in total. The Hall–Kier alpha value is -4.24. The Balaban J connectivity index is 0.000000296. The van der Waals surface area contributed by atoms with Crippen molar-refractivity contribution >= 4 is 22.8 Å². The molecule has 2 unspecified atom stereocenters. The van der Waals surface area contributed by atoms with Gasteiger partial charge < -0.3 is 40.4 Å². The van der Waals surface area contributed by atoms with E-state index in [9.17, 15) is 29.4 Å². The van der Waals surface area contributed by atoms with Gasteiger partial charge in [-0.3, -0.25) is 14.3 Å². The van der Waals surface area contributed by atoms with E-state index in [1.807, 2.05) is 6.07 Å². The number of aromatic hydroxyl groups is 1. The van der Waals surface area contributed by atoms with E-state index in [1.54, 1.807) is 30.3 Å². The van der Waals surface area contributed by atoms with Crippen molar-refractivity contribution in [2.24, 2.45) is 5.92 Å². The molecule has 0 amide bonds. The van der Waals surface area contributed by atoms with Crippen LogP contribution in [0, 0.1) is 5.92 Å². The van der Waals surface area contributed by atoms with Gasteiger partial charge in [-0.15, -0.1) is 0 Å². The number of carbonyl (C=O) groups is 2. The number of aromatic amines is 1. The number of hydrogen-bond acceptors (Lipinski definition) is 10. The number of ether oxygens (including phenoxy) is 1. The number of nitrogens with zero attached hydrogens (tertiary/aromatic N) is 2. The average molecular weight is 638 g/mol. The van der Waals surface area contributed by atoms with Crippen molar-refractivity contribution in [2.75, 3.05) is 13.1 Å². The minimum absolute atomic E-state index is 0.0477. The number of aliphatic hydroxyl groups excluding tert-OH is 2. The quantitative estimate of drug-likeness (QED) is 0.191. The lowest BCUT2D eigenvalue weighted by Gasteiger charge is -2.64. The summed E-state index contributed by atoms with van der Waals surface area (Å²) in [5, 5.41) is 56.4. The molecule has 2 bridgehead atoms. The monoisotopic (exact) mass is 637 g/mol. The third-order valence-electron chi connectivity index (χ3n) is 10.7. The molecular formula is C32H35N3O11. The number of carboxylic acids is 2. The first kappa shape index (κ1) is 30.4. The van der Waals surface area contributed by atoms with E-state index in [-0.39, 0.29) is 17.4 Å². The molecule has 3 aliphatic carbocycles. The third kappa shape index (κ3) is 4.31. The Morgan fingerprint density at radius 1 is 1.00 bits per heavy atom. The smallest absolute Gasteiger partial charge is 0.335 e. The van der Waals surface area contributed by atoms with Crippen molar-refractivity contribution in [3.05, 3.63) is 68.4 Å². The number of piperidine rings is 1. The molecule has 2 aliphatic heterocycles. The molecule has 2 aromatic carbocycles. The summed E-state index contributed by atoms with van der Waals surface area (Å²) in [6.45, 7) is 1.83. The van der Waals surface area contributed by atoms with Gasteiger partial charge in [0.1, 0.15) is 6.10 Å². The van der Waals surface area contributed by atoms with Crippen LogP contribution in [0.15, 0.2) is 46.0 Å². The molecule has 1 aromatic heterocycles. The van der Waals surface area contributed by atoms with Crippen LogP contribution >= 0.6 is 0 Å². The molecule has 7 atom stereocenters. The van der Waals surface area contributed by atoms with Gasteiger partial charge in [0.25, 0.3) is 5.56 Å². The number of aliphatic carboxylic acids is 2. The summed E-state index contributed by atoms with van der Waals surface area (Å²) in [6, 6.07) is 10.1. The van der Waals surface area contributed by atoms with Crippen LogP contribution in [0.3, 0.4) is 0 Å². The zero-order valence-corrected chi connectivity index (χ0v) is 24.7. The summed E-state index contributed by atoms with van der Waals surface area (Å²) in [6.07, 6.45) is -0.355. The van der Waals surface area contributed by atoms with Crippen LogP contribution in [0.4, 0.5) is 0 Å². The summed E-state index contributed by atoms with van der Waals surface area (Å²) in [5.41, 5.74) is -0.138. The fourth-order valence-corrected chi connectivity index (χ4v) is 8.47. The molecule has 1 saturated heterocycles. The highest BCUT2D eigenvalue weighted by atomic mass is 16.5. The molecule has 244 valence electrons. The van der Waals surface area contributed by atoms with E-state index in [2.05, 4.69) is 9.88 Å². The van der Waals surface area contributed by atoms with Gasteiger partial charge in [-0.25, -0.2) is 14.4 Å². The summed E-state index contributed by atoms with van der Waals surface area (Å²) < 4.78 is 7.86. The maximum absolute atomic E-state index is 13.6. The number of phenolic OH excluding ortho intramolecular Hbond substituents is 1. The second-order valence-electron chi connectivity index (χ2n) is 13.1. The summed E-state index contributed by atoms with van der Waals surface area (Å²) in [7, 11) is 0. The lowest BCUT2D eigenvalue weighted by molar-refractivity contribution is -0.196. The van der Waals surface area contributed by atoms with Crippen molar-refractivity contribution < 1.29 is 45.0 Å². The van der Waals surface area contributed by atoms with Gasteiger partial charge in [0, 0.05) is 18.2 Å². The number of phenols is 1. The molecule has 8 rings (SSSR count). The molecule has 3 fully saturated rings. The average Bonchev–Trinajstić information content (AvgIpc) is 3.77. The SMILES string of the molecule is O=C(O)C(O)C(O)C(=O)O.O=c1[nH]c2ccccc2c(=O)n1[C@@H]1CC[C@@]2(O)[C@H]3Cc4ccc(O)c5c4[C@@]2(CCN3CC2CC2)[C@H]1O5. The Bertz CT molecular complexity index is 1850. The molecule has 46 heavy (non-hydrogen) atoms. The third-order valence-corrected chi connectivity index (χ3v) is 10.7. The number of hydrogen-bond donors (Lipinski definition) is 7. The molecule has 14 heteroatoms. The molecule has 1 spiro atoms. The van der Waals surface area contributed by atoms with E-state index in [1.165, 1.54) is 17.4 Å². The molecule has 7 N–H and O–H groups in total. The lowest BCUT2D eigenvalue weighted by atomic mass is 9.48. The first-order chi connectivity index (χ1) is 21.9. The first-order valence-corrected chi connectivity index (χ1v) is 15.4. The zero-order valence-electron chi connectivity index (χ0n) is 24.7. The molecular weight excluding hydrogens is 602 g/mol. The molecule has 3 heterocycles. The maximum Gasteiger partial charge on any atom is 0.335 e. The number of benzene rings is 2. The predicted octanol–water partition coefficient (Wildman–Crippen LogP) is 0.0782. The Morgan fingerprint density at radius 2 is 1.70 bits per heavy atom. The summed E-state index contributed by atoms with van der Waals surface area (Å²) in [5.74, 6) is -2.36. The molecule has 5 aliphatic rings. The summed E-state index contributed by atoms with van der Waals surface area (Å²) in [4.78, 5) is 51.8. The maximum atomic E-state index is 13.6. The largest absolute Gasteiger partial charge is 0.504 e. The second-order valence-corrected chi connectivity index (χ2v) is 13.1. The number of H-pyrrole nitrogens is 1. The van der Waals surface area contributed by atoms with Gasteiger partial charge in [0.15, 0.2) is 23.7 Å². The molecule has 2 saturated carbocycles. The van der Waals surface area contributed by atoms with Crippen molar-refractivity contribution in [1.29, 1.82) is 0 Å². The lowest BCUT2D eigenvalue weighted by Crippen LogP contribution is -2.76. The van der Waals surface area contributed by atoms with Gasteiger partial charge in [0.05, 0.1) is 28.0 Å². The van der Waals surface area contributed by atoms with E-state index in [0.717, 1.165) is 24.2 Å². The van der Waals surface area contributed by atoms with Crippen molar-refractivity contribution in [3.63, 3.8) is 0 Å². The minimum Gasteiger partial charge on any atom is -0.504 e. The minimum atomic E-state index is -2.27. The fourth-order valence-electron chi connectivity index (χ4n) is 8.47. The van der Waals surface area contributed by atoms with Crippen LogP contribution in [-0.2, 0) is 21.4 Å². The molecule has 0 radical (unpaired) electrons. The number of likely N-dealkylation sites (tertiary alicyclic amines) is 1. The normalized spacial score (nSPS) is 30.4. The first-order valence-electron chi connectivity index (χ1n) is 15.4. The van der Waals surface area contributed by atoms with Crippen molar-refractivity contribution in [2.45, 2.75) is 79.9 Å². The van der Waals surface area contributed by atoms with Gasteiger partial charge in [-0.05, 0) is 74.8 Å². The molecule has 3 aromatic rings. The van der Waals surface area contributed by atoms with Crippen molar-refractivity contribution in [1.82, 2.24) is 14.5 Å². The number of para-hydroxylation sites is 1. The highest BCUT2D eigenvalue weighted by molar-refractivity contribution is 5.83. The highest BCUT2D eigenvalue weighted by Crippen LogP contribution is 2.67. The number of carboxylic acid groups (broad SMARTS) is 2. The van der Waals surface area contributed by atoms with Crippen LogP contribution in [0.1, 0.15) is 49.3 Å². The van der Waals surface area contributed by atoms with Crippen LogP contribution in [0.25, 0.3) is 10.9 Å². The summed E-state index contributed by atoms with van der Waals surface area (Å²) >= 11 is 0. The topological polar surface area (TPSA) is 223 Å². The Kier molecular flexibility index (Phi) is 7.05. The highest BCUT2D eigenvalue weighted by Gasteiger charge is 2.73. The number of aliphatic hydroxyl groups is 3. The fraction of sp³-hybridized carbons (Fsp3) is 0.500. The van der Waals surface area contributed by atoms with Gasteiger partial charge in [-0.1, -0.05) is 18.2 Å². The van der Waals surface area contributed by atoms with Gasteiger partial charge in [-0.2, -0.15) is 0 Å². The zero-order chi connectivity index (χ0) is 32.7. The second kappa shape index (κ2) is 10.7. The number of fused-ring (bicyclic) bond motifs is 1. The predicted molar refractivity (Wildman–Crippen MR) is 160 cm³/mol. The standard InChI is InChI=1S/C28H29N3O5.C4H6O6/c32-20-8-7-16-13-21-28(35)10-9-19(31-25(33)17-3-1-2-4-18(17)29-26(31)34)24-27(28,22(16)23(20)36-24)11-12-30(21)14-15-5-6-15;5-1(3(7)8)2(6)4(9)10/h1-4,7-8,15,19,21,24,32,35H,5-6,9-14H2,(H,29,34);1-2,5-6H,(H,7,8)(H,9,10)/t19-,21-,24+,27+,28-;/m1./s1. The van der Waals surface area contributed by atoms with Crippen molar-refractivity contribution in [3.8, 4) is 11.5 Å². The number of nitrogens with one attached hydrogen (secondary N) is 1. The van der Waals surface area contributed by atoms with Crippen LogP contribution in [0.2, 0.25) is 0 Å². The Morgan fingerprint density at radius 3 is 2.37 bits per heavy atom. The van der Waals surface area contributed by atoms with E-state index >= 15 is 0 Å². The van der Waals surface area contributed by atoms with Gasteiger partial charge >= 0.3 is 17.6 Å². The van der Waals surface area contributed by atoms with E-state index < -0.39 is 53.0 Å². The number of aromatic nitrogens is 2. The van der Waals surface area contributed by atoms with Crippen LogP contribution in [-0.4, -0.2) is 100 Å². The Labute approximate surface area is 261 Å². The van der Waals surface area contributed by atoms with E-state index in [4.69, 9.17) is 25.2 Å². The van der Waals surface area contributed by atoms with Crippen LogP contribution < -0.4 is 16.0 Å².